The second-order valence-electron chi connectivity index (χ2n) is 9.32. The highest BCUT2D eigenvalue weighted by Crippen LogP contribution is 2.26. The molecule has 2 aromatic heterocycles. The molecular weight excluding hydrogens is 438 g/mol. The van der Waals surface area contributed by atoms with E-state index in [-0.39, 0.29) is 5.91 Å². The lowest BCUT2D eigenvalue weighted by Gasteiger charge is -2.35. The highest BCUT2D eigenvalue weighted by Gasteiger charge is 2.21. The Kier molecular flexibility index (Phi) is 6.63. The molecule has 5 rings (SSSR count). The number of imidazole rings is 1. The van der Waals surface area contributed by atoms with Crippen LogP contribution in [0, 0.1) is 6.92 Å². The number of aryl methyl sites for hydroxylation is 2. The standard InChI is InChI=1S/C27H33N7O/c1-4-7-26(35)28-20-10-11-24-23(18-20)29-25(32(24)3)12-13-33-14-16-34(17-15-33)27-22-9-6-5-8-21(22)19(2)30-31-27/h5-6,8-11,18H,4,7,12-17H2,1-3H3,(H,28,35). The van der Waals surface area contributed by atoms with Gasteiger partial charge < -0.3 is 14.8 Å². The Hall–Kier alpha value is -3.52. The molecule has 1 N–H and O–H groups in total. The Bertz CT molecular complexity index is 1350. The molecule has 4 aromatic rings. The molecular formula is C27H33N7O. The minimum Gasteiger partial charge on any atom is -0.352 e. The van der Waals surface area contributed by atoms with E-state index in [4.69, 9.17) is 4.98 Å². The van der Waals surface area contributed by atoms with E-state index < -0.39 is 0 Å². The molecule has 0 bridgehead atoms. The molecule has 8 nitrogen and oxygen atoms in total. The summed E-state index contributed by atoms with van der Waals surface area (Å²) in [5.74, 6) is 2.10. The average molecular weight is 472 g/mol. The minimum atomic E-state index is 0.0479. The summed E-state index contributed by atoms with van der Waals surface area (Å²) in [6, 6.07) is 14.4. The highest BCUT2D eigenvalue weighted by molar-refractivity contribution is 5.94. The van der Waals surface area contributed by atoms with Crippen molar-refractivity contribution in [3.8, 4) is 0 Å². The number of aromatic nitrogens is 4. The number of carbonyl (C=O) groups is 1. The van der Waals surface area contributed by atoms with Gasteiger partial charge in [-0.3, -0.25) is 9.69 Å². The van der Waals surface area contributed by atoms with Gasteiger partial charge >= 0.3 is 0 Å². The number of benzene rings is 2. The number of anilines is 2. The maximum Gasteiger partial charge on any atom is 0.224 e. The number of amides is 1. The third kappa shape index (κ3) is 4.84. The Morgan fingerprint density at radius 2 is 1.80 bits per heavy atom. The zero-order valence-corrected chi connectivity index (χ0v) is 20.8. The summed E-state index contributed by atoms with van der Waals surface area (Å²) in [5, 5.41) is 14.3. The van der Waals surface area contributed by atoms with Gasteiger partial charge in [0.05, 0.1) is 16.7 Å². The summed E-state index contributed by atoms with van der Waals surface area (Å²) in [5.41, 5.74) is 3.79. The molecule has 0 radical (unpaired) electrons. The fourth-order valence-corrected chi connectivity index (χ4v) is 4.90. The van der Waals surface area contributed by atoms with Crippen LogP contribution in [0.4, 0.5) is 11.5 Å². The van der Waals surface area contributed by atoms with Crippen molar-refractivity contribution in [2.24, 2.45) is 7.05 Å². The lowest BCUT2D eigenvalue weighted by molar-refractivity contribution is -0.116. The van der Waals surface area contributed by atoms with Crippen molar-refractivity contribution < 1.29 is 4.79 Å². The van der Waals surface area contributed by atoms with Crippen LogP contribution in [0.2, 0.25) is 0 Å². The van der Waals surface area contributed by atoms with Gasteiger partial charge in [0.1, 0.15) is 5.82 Å². The van der Waals surface area contributed by atoms with E-state index in [0.29, 0.717) is 6.42 Å². The van der Waals surface area contributed by atoms with Gasteiger partial charge in [0.15, 0.2) is 5.82 Å². The molecule has 0 unspecified atom stereocenters. The predicted molar refractivity (Wildman–Crippen MR) is 141 cm³/mol. The first-order valence-electron chi connectivity index (χ1n) is 12.5. The fraction of sp³-hybridized carbons (Fsp3) is 0.407. The van der Waals surface area contributed by atoms with Crippen molar-refractivity contribution in [1.29, 1.82) is 0 Å². The van der Waals surface area contributed by atoms with Crippen molar-refractivity contribution in [2.45, 2.75) is 33.1 Å². The molecule has 0 saturated carbocycles. The van der Waals surface area contributed by atoms with Crippen LogP contribution in [0.3, 0.4) is 0 Å². The summed E-state index contributed by atoms with van der Waals surface area (Å²) >= 11 is 0. The largest absolute Gasteiger partial charge is 0.352 e. The van der Waals surface area contributed by atoms with Gasteiger partial charge in [-0.1, -0.05) is 31.2 Å². The Morgan fingerprint density at radius 3 is 2.57 bits per heavy atom. The molecule has 1 aliphatic heterocycles. The lowest BCUT2D eigenvalue weighted by atomic mass is 10.1. The molecule has 1 saturated heterocycles. The van der Waals surface area contributed by atoms with Crippen molar-refractivity contribution >= 4 is 39.2 Å². The Morgan fingerprint density at radius 1 is 1.03 bits per heavy atom. The van der Waals surface area contributed by atoms with Gasteiger partial charge in [-0.05, 0) is 31.5 Å². The number of nitrogens with zero attached hydrogens (tertiary/aromatic N) is 6. The highest BCUT2D eigenvalue weighted by atomic mass is 16.1. The molecule has 0 aliphatic carbocycles. The topological polar surface area (TPSA) is 79.2 Å². The number of nitrogens with one attached hydrogen (secondary N) is 1. The molecule has 1 fully saturated rings. The first kappa shape index (κ1) is 23.2. The van der Waals surface area contributed by atoms with Crippen molar-refractivity contribution in [2.75, 3.05) is 42.9 Å². The predicted octanol–water partition coefficient (Wildman–Crippen LogP) is 3.93. The number of hydrogen-bond acceptors (Lipinski definition) is 6. The quantitative estimate of drug-likeness (QED) is 0.440. The van der Waals surface area contributed by atoms with Crippen molar-refractivity contribution in [1.82, 2.24) is 24.6 Å². The number of hydrogen-bond donors (Lipinski definition) is 1. The zero-order chi connectivity index (χ0) is 24.4. The van der Waals surface area contributed by atoms with E-state index in [2.05, 4.69) is 61.2 Å². The van der Waals surface area contributed by atoms with Gasteiger partial charge in [-0.25, -0.2) is 4.98 Å². The van der Waals surface area contributed by atoms with Crippen LogP contribution in [0.25, 0.3) is 21.8 Å². The summed E-state index contributed by atoms with van der Waals surface area (Å²) in [6.07, 6.45) is 2.26. The van der Waals surface area contributed by atoms with Crippen LogP contribution in [0.15, 0.2) is 42.5 Å². The van der Waals surface area contributed by atoms with E-state index in [1.807, 2.05) is 32.0 Å². The number of carbonyl (C=O) groups excluding carboxylic acids is 1. The second kappa shape index (κ2) is 10.00. The summed E-state index contributed by atoms with van der Waals surface area (Å²) in [4.78, 5) is 21.7. The summed E-state index contributed by atoms with van der Waals surface area (Å²) < 4.78 is 2.16. The number of fused-ring (bicyclic) bond motifs is 2. The van der Waals surface area contributed by atoms with Crippen LogP contribution in [0.1, 0.15) is 31.3 Å². The van der Waals surface area contributed by atoms with Crippen LogP contribution in [-0.4, -0.2) is 63.3 Å². The number of rotatable bonds is 7. The van der Waals surface area contributed by atoms with E-state index in [9.17, 15) is 4.79 Å². The molecule has 0 spiro atoms. The normalized spacial score (nSPS) is 14.7. The zero-order valence-electron chi connectivity index (χ0n) is 20.8. The smallest absolute Gasteiger partial charge is 0.224 e. The molecule has 35 heavy (non-hydrogen) atoms. The minimum absolute atomic E-state index is 0.0479. The third-order valence-electron chi connectivity index (χ3n) is 6.91. The molecule has 3 heterocycles. The van der Waals surface area contributed by atoms with Crippen molar-refractivity contribution in [3.05, 3.63) is 54.0 Å². The molecule has 2 aromatic carbocycles. The summed E-state index contributed by atoms with van der Waals surface area (Å²) in [6.45, 7) is 8.83. The van der Waals surface area contributed by atoms with E-state index in [1.54, 1.807) is 0 Å². The first-order chi connectivity index (χ1) is 17.0. The van der Waals surface area contributed by atoms with Crippen molar-refractivity contribution in [3.63, 3.8) is 0 Å². The average Bonchev–Trinajstić information content (AvgIpc) is 3.18. The lowest BCUT2D eigenvalue weighted by Crippen LogP contribution is -2.47. The molecule has 0 atom stereocenters. The summed E-state index contributed by atoms with van der Waals surface area (Å²) in [7, 11) is 2.07. The van der Waals surface area contributed by atoms with Gasteiger partial charge in [-0.2, -0.15) is 5.10 Å². The molecule has 8 heteroatoms. The van der Waals surface area contributed by atoms with Crippen LogP contribution in [0.5, 0.6) is 0 Å². The maximum absolute atomic E-state index is 11.9. The van der Waals surface area contributed by atoms with E-state index in [0.717, 1.165) is 79.6 Å². The third-order valence-corrected chi connectivity index (χ3v) is 6.91. The van der Waals surface area contributed by atoms with Gasteiger partial charge in [-0.15, -0.1) is 5.10 Å². The van der Waals surface area contributed by atoms with Gasteiger partial charge in [0, 0.05) is 69.1 Å². The Labute approximate surface area is 206 Å². The van der Waals surface area contributed by atoms with Crippen LogP contribution < -0.4 is 10.2 Å². The molecule has 1 aliphatic rings. The molecule has 1 amide bonds. The first-order valence-corrected chi connectivity index (χ1v) is 12.5. The fourth-order valence-electron chi connectivity index (χ4n) is 4.90. The number of piperazine rings is 1. The molecule has 182 valence electrons. The van der Waals surface area contributed by atoms with E-state index in [1.165, 1.54) is 10.8 Å². The van der Waals surface area contributed by atoms with Gasteiger partial charge in [0.2, 0.25) is 5.91 Å². The van der Waals surface area contributed by atoms with Gasteiger partial charge in [0.25, 0.3) is 0 Å². The Balaban J connectivity index is 1.21. The van der Waals surface area contributed by atoms with Crippen LogP contribution in [-0.2, 0) is 18.3 Å². The monoisotopic (exact) mass is 471 g/mol. The van der Waals surface area contributed by atoms with E-state index >= 15 is 0 Å². The SMILES string of the molecule is CCCC(=O)Nc1ccc2c(c1)nc(CCN1CCN(c3nnc(C)c4ccccc34)CC1)n2C. The van der Waals surface area contributed by atoms with Crippen LogP contribution >= 0.6 is 0 Å². The maximum atomic E-state index is 11.9. The second-order valence-corrected chi connectivity index (χ2v) is 9.32.